The molecular formula is C30H42FN3O4Si. The molecule has 2 aliphatic rings. The van der Waals surface area contributed by atoms with E-state index < -0.39 is 14.5 Å². The number of piperazine rings is 1. The van der Waals surface area contributed by atoms with E-state index in [1.54, 1.807) is 18.0 Å². The lowest BCUT2D eigenvalue weighted by atomic mass is 9.95. The Labute approximate surface area is 232 Å². The molecule has 39 heavy (non-hydrogen) atoms. The summed E-state index contributed by atoms with van der Waals surface area (Å²) in [5.41, 5.74) is 2.71. The largest absolute Gasteiger partial charge is 0.395 e. The molecule has 2 amide bonds. The Hall–Kier alpha value is -2.59. The molecule has 0 radical (unpaired) electrons. The van der Waals surface area contributed by atoms with Gasteiger partial charge in [0, 0.05) is 37.4 Å². The zero-order chi connectivity index (χ0) is 28.0. The minimum absolute atomic E-state index is 0.00666. The average Bonchev–Trinajstić information content (AvgIpc) is 3.23. The molecule has 2 aromatic carbocycles. The third-order valence-corrected chi connectivity index (χ3v) is 10.5. The first-order chi connectivity index (χ1) is 18.7. The molecule has 0 aromatic heterocycles. The second kappa shape index (κ2) is 13.2. The molecule has 4 atom stereocenters. The second-order valence-electron chi connectivity index (χ2n) is 11.3. The lowest BCUT2D eigenvalue weighted by Crippen LogP contribution is -2.48. The SMILES string of the molecule is C[C@H]1[C@H]([Si](C)(C)F)[C@@H](CC(=O)N(CCO)Cc2ccccc2)O[C@H]1CCc1cccc(N2CCNCC2=O)c1. The maximum absolute atomic E-state index is 15.6. The number of carbonyl (C=O) groups is 2. The topological polar surface area (TPSA) is 82.1 Å². The number of aryl methyl sites for hydroxylation is 1. The molecule has 2 heterocycles. The highest BCUT2D eigenvalue weighted by Crippen LogP contribution is 2.47. The van der Waals surface area contributed by atoms with Gasteiger partial charge in [0.1, 0.15) is 0 Å². The number of hydrogen-bond donors (Lipinski definition) is 2. The van der Waals surface area contributed by atoms with Crippen molar-refractivity contribution in [3.05, 3.63) is 65.7 Å². The summed E-state index contributed by atoms with van der Waals surface area (Å²) in [7, 11) is -3.13. The third-order valence-electron chi connectivity index (χ3n) is 8.04. The van der Waals surface area contributed by atoms with Crippen LogP contribution in [0.25, 0.3) is 0 Å². The van der Waals surface area contributed by atoms with Crippen LogP contribution in [0, 0.1) is 5.92 Å². The van der Waals surface area contributed by atoms with Gasteiger partial charge in [0.25, 0.3) is 0 Å². The van der Waals surface area contributed by atoms with Crippen LogP contribution in [0.5, 0.6) is 0 Å². The highest BCUT2D eigenvalue weighted by molar-refractivity contribution is 6.72. The van der Waals surface area contributed by atoms with Crippen LogP contribution in [0.15, 0.2) is 54.6 Å². The number of anilines is 1. The van der Waals surface area contributed by atoms with Crippen molar-refractivity contribution in [1.82, 2.24) is 10.2 Å². The van der Waals surface area contributed by atoms with E-state index in [2.05, 4.69) is 24.4 Å². The average molecular weight is 556 g/mol. The van der Waals surface area contributed by atoms with Crippen LogP contribution in [-0.2, 0) is 27.3 Å². The normalized spacial score (nSPS) is 23.7. The molecule has 212 valence electrons. The van der Waals surface area contributed by atoms with Crippen LogP contribution in [0.3, 0.4) is 0 Å². The van der Waals surface area contributed by atoms with E-state index in [0.29, 0.717) is 19.6 Å². The van der Waals surface area contributed by atoms with Crippen LogP contribution in [0.1, 0.15) is 30.9 Å². The van der Waals surface area contributed by atoms with Gasteiger partial charge in [0.05, 0.1) is 31.8 Å². The van der Waals surface area contributed by atoms with E-state index >= 15 is 4.11 Å². The summed E-state index contributed by atoms with van der Waals surface area (Å²) in [5, 5.41) is 12.7. The quantitative estimate of drug-likeness (QED) is 0.325. The number of amides is 2. The molecule has 0 spiro atoms. The number of aliphatic hydroxyl groups excluding tert-OH is 1. The maximum atomic E-state index is 15.6. The number of rotatable bonds is 11. The molecule has 2 saturated heterocycles. The molecule has 0 bridgehead atoms. The van der Waals surface area contributed by atoms with E-state index in [9.17, 15) is 14.7 Å². The molecule has 2 aliphatic heterocycles. The number of benzene rings is 2. The van der Waals surface area contributed by atoms with Crippen molar-refractivity contribution in [3.63, 3.8) is 0 Å². The molecule has 4 rings (SSSR count). The Bertz CT molecular complexity index is 1110. The summed E-state index contributed by atoms with van der Waals surface area (Å²) < 4.78 is 22.1. The van der Waals surface area contributed by atoms with E-state index in [1.165, 1.54) is 0 Å². The minimum atomic E-state index is -3.13. The predicted molar refractivity (Wildman–Crippen MR) is 154 cm³/mol. The smallest absolute Gasteiger partial charge is 0.246 e. The number of nitrogens with one attached hydrogen (secondary N) is 1. The molecule has 2 aromatic rings. The van der Waals surface area contributed by atoms with Crippen LogP contribution >= 0.6 is 0 Å². The Kier molecular flexibility index (Phi) is 9.93. The summed E-state index contributed by atoms with van der Waals surface area (Å²) in [6.07, 6.45) is 0.941. The molecule has 0 aliphatic carbocycles. The van der Waals surface area contributed by atoms with E-state index in [1.807, 2.05) is 47.4 Å². The van der Waals surface area contributed by atoms with Gasteiger partial charge in [-0.1, -0.05) is 49.4 Å². The summed E-state index contributed by atoms with van der Waals surface area (Å²) in [5.74, 6) is -0.0608. The zero-order valence-electron chi connectivity index (χ0n) is 23.3. The Morgan fingerprint density at radius 3 is 2.59 bits per heavy atom. The minimum Gasteiger partial charge on any atom is -0.395 e. The van der Waals surface area contributed by atoms with Crippen molar-refractivity contribution in [2.24, 2.45) is 5.92 Å². The van der Waals surface area contributed by atoms with Crippen molar-refractivity contribution >= 4 is 25.9 Å². The van der Waals surface area contributed by atoms with Crippen LogP contribution in [0.2, 0.25) is 18.6 Å². The lowest BCUT2D eigenvalue weighted by molar-refractivity contribution is -0.135. The van der Waals surface area contributed by atoms with Gasteiger partial charge in [0.2, 0.25) is 20.2 Å². The number of nitrogens with zero attached hydrogens (tertiary/aromatic N) is 2. The second-order valence-corrected chi connectivity index (χ2v) is 15.1. The van der Waals surface area contributed by atoms with Gasteiger partial charge in [-0.2, -0.15) is 0 Å². The van der Waals surface area contributed by atoms with E-state index in [4.69, 9.17) is 4.74 Å². The van der Waals surface area contributed by atoms with Gasteiger partial charge in [-0.3, -0.25) is 9.59 Å². The fourth-order valence-electron chi connectivity index (χ4n) is 6.16. The van der Waals surface area contributed by atoms with E-state index in [-0.39, 0.29) is 48.9 Å². The van der Waals surface area contributed by atoms with Crippen molar-refractivity contribution in [2.75, 3.05) is 37.7 Å². The first kappa shape index (κ1) is 29.4. The molecule has 2 N–H and O–H groups in total. The molecule has 0 saturated carbocycles. The van der Waals surface area contributed by atoms with Crippen molar-refractivity contribution in [3.8, 4) is 0 Å². The first-order valence-electron chi connectivity index (χ1n) is 14.0. The van der Waals surface area contributed by atoms with Gasteiger partial charge in [0.15, 0.2) is 0 Å². The van der Waals surface area contributed by atoms with Gasteiger partial charge >= 0.3 is 0 Å². The fraction of sp³-hybridized carbons (Fsp3) is 0.533. The fourth-order valence-corrected chi connectivity index (χ4v) is 8.71. The third kappa shape index (κ3) is 7.54. The highest BCUT2D eigenvalue weighted by atomic mass is 28.4. The van der Waals surface area contributed by atoms with Crippen molar-refractivity contribution in [1.29, 1.82) is 0 Å². The number of halogens is 1. The number of aliphatic hydroxyl groups is 1. The summed E-state index contributed by atoms with van der Waals surface area (Å²) in [6, 6.07) is 17.7. The standard InChI is InChI=1S/C30H42FN3O4Si/c1-22-26(13-12-23-10-7-11-25(18-23)34-15-14-32-20-29(34)37)38-27(30(22)39(2,3)31)19-28(36)33(16-17-35)21-24-8-5-4-6-9-24/h4-11,18,22,26-27,30,32,35H,12-17,19-21H2,1-3H3/t22-,26+,27-,30+/m1/s1. The summed E-state index contributed by atoms with van der Waals surface area (Å²) >= 11 is 0. The van der Waals surface area contributed by atoms with Gasteiger partial charge in [-0.05, 0) is 55.1 Å². The van der Waals surface area contributed by atoms with Gasteiger partial charge < -0.3 is 29.1 Å². The maximum Gasteiger partial charge on any atom is 0.246 e. The molecule has 2 fully saturated rings. The van der Waals surface area contributed by atoms with Crippen LogP contribution < -0.4 is 10.2 Å². The summed E-state index contributed by atoms with van der Waals surface area (Å²) in [4.78, 5) is 29.2. The Balaban J connectivity index is 1.42. The predicted octanol–water partition coefficient (Wildman–Crippen LogP) is 3.91. The summed E-state index contributed by atoms with van der Waals surface area (Å²) in [6.45, 7) is 7.75. The Morgan fingerprint density at radius 2 is 1.90 bits per heavy atom. The monoisotopic (exact) mass is 555 g/mol. The van der Waals surface area contributed by atoms with Crippen molar-refractivity contribution < 1.29 is 23.5 Å². The molecule has 7 nitrogen and oxygen atoms in total. The molecular weight excluding hydrogens is 513 g/mol. The van der Waals surface area contributed by atoms with Crippen LogP contribution in [0.4, 0.5) is 9.80 Å². The van der Waals surface area contributed by atoms with E-state index in [0.717, 1.165) is 36.2 Å². The Morgan fingerprint density at radius 1 is 1.15 bits per heavy atom. The number of carbonyl (C=O) groups excluding carboxylic acids is 2. The number of hydrogen-bond acceptors (Lipinski definition) is 5. The zero-order valence-corrected chi connectivity index (χ0v) is 24.3. The van der Waals surface area contributed by atoms with Gasteiger partial charge in [-0.15, -0.1) is 0 Å². The highest BCUT2D eigenvalue weighted by Gasteiger charge is 2.51. The number of ether oxygens (including phenoxy) is 1. The van der Waals surface area contributed by atoms with Crippen molar-refractivity contribution in [2.45, 2.75) is 63.6 Å². The lowest BCUT2D eigenvalue weighted by Gasteiger charge is -2.30. The first-order valence-corrected chi connectivity index (χ1v) is 17.0. The van der Waals surface area contributed by atoms with Gasteiger partial charge in [-0.25, -0.2) is 0 Å². The molecule has 0 unspecified atom stereocenters. The van der Waals surface area contributed by atoms with Crippen LogP contribution in [-0.4, -0.2) is 75.2 Å². The molecule has 9 heteroatoms.